The molecule has 1 aromatic rings. The third-order valence-corrected chi connectivity index (χ3v) is 2.95. The van der Waals surface area contributed by atoms with Gasteiger partial charge in [0.2, 0.25) is 0 Å². The van der Waals surface area contributed by atoms with Crippen molar-refractivity contribution in [2.24, 2.45) is 0 Å². The normalized spacial score (nSPS) is 11.3. The zero-order chi connectivity index (χ0) is 16.4. The van der Waals surface area contributed by atoms with E-state index >= 15 is 0 Å². The molecule has 0 aliphatic heterocycles. The summed E-state index contributed by atoms with van der Waals surface area (Å²) in [4.78, 5) is 15.5. The van der Waals surface area contributed by atoms with E-state index in [9.17, 15) is 4.79 Å². The maximum Gasteiger partial charge on any atom is 0.308 e. The van der Waals surface area contributed by atoms with Crippen LogP contribution in [0.3, 0.4) is 0 Å². The Kier molecular flexibility index (Phi) is 8.42. The van der Waals surface area contributed by atoms with Crippen LogP contribution in [0.15, 0.2) is 22.9 Å². The molecule has 0 aliphatic carbocycles. The van der Waals surface area contributed by atoms with Crippen molar-refractivity contribution in [1.29, 1.82) is 0 Å². The second-order valence-corrected chi connectivity index (χ2v) is 6.63. The van der Waals surface area contributed by atoms with E-state index in [0.29, 0.717) is 26.2 Å². The van der Waals surface area contributed by atoms with Gasteiger partial charge in [-0.05, 0) is 55.6 Å². The lowest BCUT2D eigenvalue weighted by atomic mass is 10.2. The fourth-order valence-electron chi connectivity index (χ4n) is 1.62. The molecular formula is C16H24BrNO4. The van der Waals surface area contributed by atoms with E-state index in [4.69, 9.17) is 14.2 Å². The van der Waals surface area contributed by atoms with Crippen molar-refractivity contribution >= 4 is 21.9 Å². The zero-order valence-electron chi connectivity index (χ0n) is 13.4. The summed E-state index contributed by atoms with van der Waals surface area (Å²) in [7, 11) is 0. The number of halogens is 1. The van der Waals surface area contributed by atoms with Gasteiger partial charge in [-0.1, -0.05) is 0 Å². The number of pyridine rings is 1. The minimum Gasteiger partial charge on any atom is -0.493 e. The van der Waals surface area contributed by atoms with Gasteiger partial charge in [-0.3, -0.25) is 4.79 Å². The molecular weight excluding hydrogens is 350 g/mol. The third kappa shape index (κ3) is 9.73. The van der Waals surface area contributed by atoms with Crippen LogP contribution in [0, 0.1) is 0 Å². The SMILES string of the molecule is CC(C)(C)OC(=O)CCOCCCCOc1ccnc(Br)c1. The number of nitrogens with zero attached hydrogens (tertiary/aromatic N) is 1. The predicted molar refractivity (Wildman–Crippen MR) is 87.9 cm³/mol. The molecule has 0 bridgehead atoms. The van der Waals surface area contributed by atoms with Crippen LogP contribution in [0.25, 0.3) is 0 Å². The summed E-state index contributed by atoms with van der Waals surface area (Å²) >= 11 is 3.29. The van der Waals surface area contributed by atoms with Gasteiger partial charge >= 0.3 is 5.97 Å². The van der Waals surface area contributed by atoms with Crippen LogP contribution >= 0.6 is 15.9 Å². The summed E-state index contributed by atoms with van der Waals surface area (Å²) in [6.07, 6.45) is 3.77. The van der Waals surface area contributed by atoms with E-state index in [1.807, 2.05) is 32.9 Å². The van der Waals surface area contributed by atoms with Crippen LogP contribution in [0.5, 0.6) is 5.75 Å². The van der Waals surface area contributed by atoms with Crippen LogP contribution in [-0.4, -0.2) is 36.4 Å². The van der Waals surface area contributed by atoms with Gasteiger partial charge < -0.3 is 14.2 Å². The average molecular weight is 374 g/mol. The van der Waals surface area contributed by atoms with Crippen LogP contribution in [0.1, 0.15) is 40.0 Å². The van der Waals surface area contributed by atoms with Crippen molar-refractivity contribution in [2.45, 2.75) is 45.6 Å². The molecule has 0 radical (unpaired) electrons. The number of ether oxygens (including phenoxy) is 3. The quantitative estimate of drug-likeness (QED) is 0.374. The molecule has 0 spiro atoms. The van der Waals surface area contributed by atoms with E-state index in [0.717, 1.165) is 23.2 Å². The Morgan fingerprint density at radius 1 is 1.23 bits per heavy atom. The van der Waals surface area contributed by atoms with Gasteiger partial charge in [0.1, 0.15) is 16.0 Å². The summed E-state index contributed by atoms with van der Waals surface area (Å²) in [5.41, 5.74) is -0.434. The Labute approximate surface area is 140 Å². The Balaban J connectivity index is 1.97. The van der Waals surface area contributed by atoms with Crippen LogP contribution in [0.4, 0.5) is 0 Å². The molecule has 0 saturated heterocycles. The number of aromatic nitrogens is 1. The zero-order valence-corrected chi connectivity index (χ0v) is 15.0. The molecule has 0 saturated carbocycles. The molecule has 0 aliphatic rings. The van der Waals surface area contributed by atoms with E-state index in [1.54, 1.807) is 6.20 Å². The highest BCUT2D eigenvalue weighted by Gasteiger charge is 2.15. The molecule has 0 amide bonds. The van der Waals surface area contributed by atoms with Crippen molar-refractivity contribution in [1.82, 2.24) is 4.98 Å². The maximum absolute atomic E-state index is 11.4. The van der Waals surface area contributed by atoms with Crippen molar-refractivity contribution in [3.63, 3.8) is 0 Å². The largest absolute Gasteiger partial charge is 0.493 e. The molecule has 124 valence electrons. The Hall–Kier alpha value is -1.14. The highest BCUT2D eigenvalue weighted by molar-refractivity contribution is 9.10. The highest BCUT2D eigenvalue weighted by atomic mass is 79.9. The highest BCUT2D eigenvalue weighted by Crippen LogP contribution is 2.15. The smallest absolute Gasteiger partial charge is 0.308 e. The standard InChI is InChI=1S/C16H24BrNO4/c1-16(2,3)22-15(19)7-11-20-9-4-5-10-21-13-6-8-18-14(17)12-13/h6,8,12H,4-5,7,9-11H2,1-3H3. The van der Waals surface area contributed by atoms with E-state index < -0.39 is 5.60 Å². The van der Waals surface area contributed by atoms with Crippen LogP contribution in [0.2, 0.25) is 0 Å². The Morgan fingerprint density at radius 2 is 1.95 bits per heavy atom. The van der Waals surface area contributed by atoms with Gasteiger partial charge in [0.05, 0.1) is 19.6 Å². The van der Waals surface area contributed by atoms with Gasteiger partial charge in [0.25, 0.3) is 0 Å². The van der Waals surface area contributed by atoms with E-state index in [1.165, 1.54) is 0 Å². The minimum atomic E-state index is -0.434. The number of hydrogen-bond donors (Lipinski definition) is 0. The van der Waals surface area contributed by atoms with Crippen molar-refractivity contribution in [2.75, 3.05) is 19.8 Å². The number of unbranched alkanes of at least 4 members (excludes halogenated alkanes) is 1. The fraction of sp³-hybridized carbons (Fsp3) is 0.625. The number of carbonyl (C=O) groups excluding carboxylic acids is 1. The summed E-state index contributed by atoms with van der Waals surface area (Å²) in [6, 6.07) is 3.65. The summed E-state index contributed by atoms with van der Waals surface area (Å²) in [5.74, 6) is 0.576. The first kappa shape index (κ1) is 18.9. The van der Waals surface area contributed by atoms with Crippen molar-refractivity contribution in [3.05, 3.63) is 22.9 Å². The Bertz CT molecular complexity index is 460. The maximum atomic E-state index is 11.4. The van der Waals surface area contributed by atoms with Gasteiger partial charge in [-0.15, -0.1) is 0 Å². The molecule has 1 heterocycles. The Morgan fingerprint density at radius 3 is 2.64 bits per heavy atom. The second-order valence-electron chi connectivity index (χ2n) is 5.82. The second kappa shape index (κ2) is 9.79. The fourth-order valence-corrected chi connectivity index (χ4v) is 1.96. The van der Waals surface area contributed by atoms with Crippen LogP contribution < -0.4 is 4.74 Å². The first-order valence-electron chi connectivity index (χ1n) is 7.41. The topological polar surface area (TPSA) is 57.7 Å². The molecule has 1 rings (SSSR count). The summed E-state index contributed by atoms with van der Waals surface area (Å²) in [5, 5.41) is 0. The van der Waals surface area contributed by atoms with Gasteiger partial charge in [0.15, 0.2) is 0 Å². The third-order valence-electron chi connectivity index (χ3n) is 2.52. The number of hydrogen-bond acceptors (Lipinski definition) is 5. The van der Waals surface area contributed by atoms with Crippen LogP contribution in [-0.2, 0) is 14.3 Å². The lowest BCUT2D eigenvalue weighted by molar-refractivity contribution is -0.156. The lowest BCUT2D eigenvalue weighted by Crippen LogP contribution is -2.24. The first-order valence-corrected chi connectivity index (χ1v) is 8.20. The summed E-state index contributed by atoms with van der Waals surface area (Å²) < 4.78 is 17.0. The van der Waals surface area contributed by atoms with E-state index in [2.05, 4.69) is 20.9 Å². The lowest BCUT2D eigenvalue weighted by Gasteiger charge is -2.19. The van der Waals surface area contributed by atoms with Gasteiger partial charge in [-0.2, -0.15) is 0 Å². The average Bonchev–Trinajstić information content (AvgIpc) is 2.40. The van der Waals surface area contributed by atoms with Gasteiger partial charge in [0, 0.05) is 18.9 Å². The van der Waals surface area contributed by atoms with E-state index in [-0.39, 0.29) is 5.97 Å². The molecule has 6 heteroatoms. The van der Waals surface area contributed by atoms with Gasteiger partial charge in [-0.25, -0.2) is 4.98 Å². The number of esters is 1. The molecule has 22 heavy (non-hydrogen) atoms. The monoisotopic (exact) mass is 373 g/mol. The molecule has 1 aromatic heterocycles. The molecule has 5 nitrogen and oxygen atoms in total. The molecule has 0 atom stereocenters. The molecule has 0 aromatic carbocycles. The predicted octanol–water partition coefficient (Wildman–Crippen LogP) is 3.75. The number of carbonyl (C=O) groups is 1. The van der Waals surface area contributed by atoms with Crippen molar-refractivity contribution in [3.8, 4) is 5.75 Å². The minimum absolute atomic E-state index is 0.223. The first-order chi connectivity index (χ1) is 10.4. The molecule has 0 unspecified atom stereocenters. The number of rotatable bonds is 9. The van der Waals surface area contributed by atoms with Crippen molar-refractivity contribution < 1.29 is 19.0 Å². The summed E-state index contributed by atoms with van der Waals surface area (Å²) in [6.45, 7) is 7.21. The molecule has 0 N–H and O–H groups in total. The molecule has 0 fully saturated rings.